The van der Waals surface area contributed by atoms with Gasteiger partial charge in [0.25, 0.3) is 0 Å². The van der Waals surface area contributed by atoms with Crippen LogP contribution in [0, 0.1) is 11.8 Å². The third kappa shape index (κ3) is 4.52. The van der Waals surface area contributed by atoms with Gasteiger partial charge in [-0.15, -0.1) is 0 Å². The van der Waals surface area contributed by atoms with Crippen LogP contribution in [0.15, 0.2) is 0 Å². The maximum absolute atomic E-state index is 5.44. The van der Waals surface area contributed by atoms with Crippen LogP contribution in [-0.4, -0.2) is 25.3 Å². The first-order valence-electron chi connectivity index (χ1n) is 6.47. The lowest BCUT2D eigenvalue weighted by Gasteiger charge is -2.35. The van der Waals surface area contributed by atoms with Crippen molar-refractivity contribution >= 4 is 0 Å². The molecule has 2 heteroatoms. The molecule has 90 valence electrons. The van der Waals surface area contributed by atoms with Gasteiger partial charge in [-0.3, -0.25) is 0 Å². The molecule has 1 N–H and O–H groups in total. The molecule has 1 rings (SSSR count). The molecule has 0 spiro atoms. The van der Waals surface area contributed by atoms with Crippen LogP contribution >= 0.6 is 0 Å². The van der Waals surface area contributed by atoms with Crippen molar-refractivity contribution in [2.75, 3.05) is 13.2 Å². The van der Waals surface area contributed by atoms with E-state index in [0.29, 0.717) is 12.1 Å². The quantitative estimate of drug-likeness (QED) is 0.758. The van der Waals surface area contributed by atoms with Crippen LogP contribution < -0.4 is 5.32 Å². The molecule has 0 bridgehead atoms. The van der Waals surface area contributed by atoms with Gasteiger partial charge in [0, 0.05) is 18.7 Å². The first kappa shape index (κ1) is 13.0. The minimum absolute atomic E-state index is 0.489. The van der Waals surface area contributed by atoms with Gasteiger partial charge < -0.3 is 10.1 Å². The summed E-state index contributed by atoms with van der Waals surface area (Å²) < 4.78 is 5.44. The highest BCUT2D eigenvalue weighted by atomic mass is 16.5. The number of ether oxygens (including phenoxy) is 1. The first-order chi connectivity index (χ1) is 7.13. The summed E-state index contributed by atoms with van der Waals surface area (Å²) in [4.78, 5) is 0. The van der Waals surface area contributed by atoms with Crippen molar-refractivity contribution in [3.05, 3.63) is 0 Å². The summed E-state index contributed by atoms with van der Waals surface area (Å²) in [5, 5.41) is 3.71. The Labute approximate surface area is 94.8 Å². The van der Waals surface area contributed by atoms with E-state index in [-0.39, 0.29) is 0 Å². The molecule has 15 heavy (non-hydrogen) atoms. The minimum atomic E-state index is 0.489. The molecule has 0 aromatic carbocycles. The van der Waals surface area contributed by atoms with Crippen molar-refractivity contribution in [2.24, 2.45) is 11.8 Å². The molecule has 1 aliphatic carbocycles. The maximum atomic E-state index is 5.44. The van der Waals surface area contributed by atoms with E-state index in [1.54, 1.807) is 0 Å². The van der Waals surface area contributed by atoms with Gasteiger partial charge in [0.15, 0.2) is 0 Å². The van der Waals surface area contributed by atoms with E-state index >= 15 is 0 Å². The van der Waals surface area contributed by atoms with Crippen molar-refractivity contribution in [1.29, 1.82) is 0 Å². The molecule has 4 unspecified atom stereocenters. The highest BCUT2D eigenvalue weighted by Crippen LogP contribution is 2.28. The predicted molar refractivity (Wildman–Crippen MR) is 65.1 cm³/mol. The fourth-order valence-electron chi connectivity index (χ4n) is 2.47. The monoisotopic (exact) mass is 213 g/mol. The Kier molecular flexibility index (Phi) is 5.62. The summed E-state index contributed by atoms with van der Waals surface area (Å²) in [6, 6.07) is 1.19. The van der Waals surface area contributed by atoms with Crippen LogP contribution in [0.4, 0.5) is 0 Å². The average molecular weight is 213 g/mol. The van der Waals surface area contributed by atoms with Gasteiger partial charge in [-0.05, 0) is 38.5 Å². The average Bonchev–Trinajstić information content (AvgIpc) is 2.20. The van der Waals surface area contributed by atoms with Gasteiger partial charge in [-0.25, -0.2) is 0 Å². The van der Waals surface area contributed by atoms with Crippen molar-refractivity contribution in [1.82, 2.24) is 5.32 Å². The zero-order valence-electron chi connectivity index (χ0n) is 10.8. The Balaban J connectivity index is 2.28. The van der Waals surface area contributed by atoms with Crippen molar-refractivity contribution < 1.29 is 4.74 Å². The maximum Gasteiger partial charge on any atom is 0.0616 e. The molecule has 0 aromatic heterocycles. The van der Waals surface area contributed by atoms with Gasteiger partial charge in [0.05, 0.1) is 6.61 Å². The highest BCUT2D eigenvalue weighted by Gasteiger charge is 2.26. The van der Waals surface area contributed by atoms with Gasteiger partial charge in [-0.2, -0.15) is 0 Å². The van der Waals surface area contributed by atoms with Gasteiger partial charge in [0.1, 0.15) is 0 Å². The molecule has 0 aliphatic heterocycles. The molecule has 0 saturated heterocycles. The standard InChI is InChI=1S/C13H27NO/c1-5-15-9-12(4)14-13-8-10(2)6-7-11(13)3/h10-14H,5-9H2,1-4H3. The molecule has 1 aliphatic rings. The number of hydrogen-bond acceptors (Lipinski definition) is 2. The Morgan fingerprint density at radius 2 is 2.07 bits per heavy atom. The molecule has 1 fully saturated rings. The molecule has 0 aromatic rings. The molecule has 0 amide bonds. The van der Waals surface area contributed by atoms with Gasteiger partial charge >= 0.3 is 0 Å². The van der Waals surface area contributed by atoms with Crippen molar-refractivity contribution in [2.45, 2.75) is 59.0 Å². The zero-order valence-corrected chi connectivity index (χ0v) is 10.8. The van der Waals surface area contributed by atoms with E-state index in [0.717, 1.165) is 25.0 Å². The largest absolute Gasteiger partial charge is 0.380 e. The second kappa shape index (κ2) is 6.49. The fraction of sp³-hybridized carbons (Fsp3) is 1.00. The Bertz CT molecular complexity index is 172. The topological polar surface area (TPSA) is 21.3 Å². The van der Waals surface area contributed by atoms with Crippen LogP contribution in [-0.2, 0) is 4.74 Å². The third-order valence-corrected chi connectivity index (χ3v) is 3.53. The van der Waals surface area contributed by atoms with E-state index in [2.05, 4.69) is 33.0 Å². The molecule has 4 atom stereocenters. The smallest absolute Gasteiger partial charge is 0.0616 e. The summed E-state index contributed by atoms with van der Waals surface area (Å²) in [6.45, 7) is 10.7. The SMILES string of the molecule is CCOCC(C)NC1CC(C)CCC1C. The highest BCUT2D eigenvalue weighted by molar-refractivity contribution is 4.83. The lowest BCUT2D eigenvalue weighted by Crippen LogP contribution is -2.45. The number of rotatable bonds is 5. The van der Waals surface area contributed by atoms with Crippen LogP contribution in [0.3, 0.4) is 0 Å². The normalized spacial score (nSPS) is 34.0. The molecule has 1 saturated carbocycles. The predicted octanol–water partition coefficient (Wildman–Crippen LogP) is 2.83. The molecular weight excluding hydrogens is 186 g/mol. The van der Waals surface area contributed by atoms with Crippen molar-refractivity contribution in [3.8, 4) is 0 Å². The van der Waals surface area contributed by atoms with E-state index in [1.807, 2.05) is 0 Å². The molecule has 0 radical (unpaired) electrons. The van der Waals surface area contributed by atoms with E-state index < -0.39 is 0 Å². The van der Waals surface area contributed by atoms with Gasteiger partial charge in [-0.1, -0.05) is 20.3 Å². The number of nitrogens with one attached hydrogen (secondary N) is 1. The number of hydrogen-bond donors (Lipinski definition) is 1. The van der Waals surface area contributed by atoms with E-state index in [4.69, 9.17) is 4.74 Å². The second-order valence-corrected chi connectivity index (χ2v) is 5.23. The summed E-state index contributed by atoms with van der Waals surface area (Å²) in [5.74, 6) is 1.71. The Hall–Kier alpha value is -0.0800. The van der Waals surface area contributed by atoms with Gasteiger partial charge in [0.2, 0.25) is 0 Å². The van der Waals surface area contributed by atoms with Crippen LogP contribution in [0.25, 0.3) is 0 Å². The van der Waals surface area contributed by atoms with Crippen molar-refractivity contribution in [3.63, 3.8) is 0 Å². The zero-order chi connectivity index (χ0) is 11.3. The summed E-state index contributed by atoms with van der Waals surface area (Å²) in [6.07, 6.45) is 4.11. The lowest BCUT2D eigenvalue weighted by molar-refractivity contribution is 0.112. The molecule has 0 heterocycles. The van der Waals surface area contributed by atoms with Crippen LogP contribution in [0.5, 0.6) is 0 Å². The van der Waals surface area contributed by atoms with E-state index in [1.165, 1.54) is 19.3 Å². The lowest BCUT2D eigenvalue weighted by atomic mass is 9.80. The minimum Gasteiger partial charge on any atom is -0.380 e. The summed E-state index contributed by atoms with van der Waals surface area (Å²) >= 11 is 0. The van der Waals surface area contributed by atoms with E-state index in [9.17, 15) is 0 Å². The van der Waals surface area contributed by atoms with Crippen LogP contribution in [0.1, 0.15) is 47.0 Å². The summed E-state index contributed by atoms with van der Waals surface area (Å²) in [7, 11) is 0. The third-order valence-electron chi connectivity index (χ3n) is 3.53. The fourth-order valence-corrected chi connectivity index (χ4v) is 2.47. The van der Waals surface area contributed by atoms with Crippen LogP contribution in [0.2, 0.25) is 0 Å². The summed E-state index contributed by atoms with van der Waals surface area (Å²) in [5.41, 5.74) is 0. The Morgan fingerprint density at radius 3 is 2.73 bits per heavy atom. The second-order valence-electron chi connectivity index (χ2n) is 5.23. The molecular formula is C13H27NO. The molecule has 2 nitrogen and oxygen atoms in total. The Morgan fingerprint density at radius 1 is 1.33 bits per heavy atom. The first-order valence-corrected chi connectivity index (χ1v) is 6.47.